The van der Waals surface area contributed by atoms with Crippen LogP contribution in [-0.2, 0) is 10.2 Å². The summed E-state index contributed by atoms with van der Waals surface area (Å²) in [5, 5.41) is 8.67. The normalized spacial score (nSPS) is 29.5. The third-order valence-electron chi connectivity index (χ3n) is 4.68. The van der Waals surface area contributed by atoms with Crippen molar-refractivity contribution >= 4 is 10.2 Å². The molecule has 2 saturated carbocycles. The third-order valence-corrected chi connectivity index (χ3v) is 5.86. The van der Waals surface area contributed by atoms with Crippen LogP contribution in [0.25, 0.3) is 0 Å². The van der Waals surface area contributed by atoms with Crippen molar-refractivity contribution in [1.29, 1.82) is 0 Å². The lowest BCUT2D eigenvalue weighted by Crippen LogP contribution is -2.67. The smallest absolute Gasteiger partial charge is 0.277 e. The molecule has 0 radical (unpaired) electrons. The van der Waals surface area contributed by atoms with E-state index in [2.05, 4.69) is 5.32 Å². The van der Waals surface area contributed by atoms with Crippen LogP contribution in [0, 0.1) is 5.41 Å². The van der Waals surface area contributed by atoms with E-state index in [4.69, 9.17) is 5.14 Å². The highest BCUT2D eigenvalue weighted by Gasteiger charge is 2.53. The fourth-order valence-corrected chi connectivity index (χ4v) is 4.95. The first kappa shape index (κ1) is 11.9. The second-order valence-electron chi connectivity index (χ2n) is 5.98. The predicted molar refractivity (Wildman–Crippen MR) is 65.5 cm³/mol. The summed E-state index contributed by atoms with van der Waals surface area (Å²) < 4.78 is 25.1. The van der Waals surface area contributed by atoms with Crippen molar-refractivity contribution in [3.8, 4) is 0 Å². The first-order chi connectivity index (χ1) is 8.00. The quantitative estimate of drug-likeness (QED) is 0.759. The molecule has 3 N–H and O–H groups in total. The van der Waals surface area contributed by atoms with E-state index in [0.29, 0.717) is 5.41 Å². The van der Waals surface area contributed by atoms with Gasteiger partial charge in [-0.25, -0.2) is 5.14 Å². The van der Waals surface area contributed by atoms with Crippen molar-refractivity contribution in [2.24, 2.45) is 10.6 Å². The Kier molecular flexibility index (Phi) is 2.74. The molecule has 0 unspecified atom stereocenters. The van der Waals surface area contributed by atoms with Crippen molar-refractivity contribution in [1.82, 2.24) is 9.62 Å². The minimum Gasteiger partial charge on any atom is -0.316 e. The predicted octanol–water partition coefficient (Wildman–Crippen LogP) is 0.187. The lowest BCUT2D eigenvalue weighted by Gasteiger charge is -2.57. The Morgan fingerprint density at radius 2 is 1.71 bits per heavy atom. The Morgan fingerprint density at radius 3 is 2.12 bits per heavy atom. The fourth-order valence-electron chi connectivity index (χ4n) is 3.76. The summed E-state index contributed by atoms with van der Waals surface area (Å²) in [6, 6.07) is 0.329. The van der Waals surface area contributed by atoms with Gasteiger partial charge in [0.2, 0.25) is 0 Å². The van der Waals surface area contributed by atoms with Gasteiger partial charge in [0.05, 0.1) is 0 Å². The zero-order chi connectivity index (χ0) is 12.1. The van der Waals surface area contributed by atoms with Crippen molar-refractivity contribution in [2.45, 2.75) is 50.6 Å². The van der Waals surface area contributed by atoms with E-state index in [1.807, 2.05) is 0 Å². The summed E-state index contributed by atoms with van der Waals surface area (Å²) in [5.74, 6) is 0. The molecule has 3 fully saturated rings. The molecule has 17 heavy (non-hydrogen) atoms. The van der Waals surface area contributed by atoms with Crippen LogP contribution in [-0.4, -0.2) is 37.9 Å². The molecule has 1 saturated heterocycles. The van der Waals surface area contributed by atoms with Crippen molar-refractivity contribution in [3.05, 3.63) is 0 Å². The van der Waals surface area contributed by atoms with Gasteiger partial charge in [0, 0.05) is 25.2 Å². The third kappa shape index (κ3) is 2.01. The van der Waals surface area contributed by atoms with Gasteiger partial charge in [-0.15, -0.1) is 0 Å². The van der Waals surface area contributed by atoms with Gasteiger partial charge >= 0.3 is 0 Å². The molecule has 98 valence electrons. The first-order valence-electron chi connectivity index (χ1n) is 6.52. The van der Waals surface area contributed by atoms with E-state index in [0.717, 1.165) is 51.6 Å². The highest BCUT2D eigenvalue weighted by molar-refractivity contribution is 7.86. The molecule has 1 aliphatic heterocycles. The molecule has 0 amide bonds. The fraction of sp³-hybridized carbons (Fsp3) is 1.00. The average Bonchev–Trinajstić information content (AvgIpc) is 2.56. The van der Waals surface area contributed by atoms with Gasteiger partial charge in [0.25, 0.3) is 10.2 Å². The lowest BCUT2D eigenvalue weighted by atomic mass is 9.61. The highest BCUT2D eigenvalue weighted by atomic mass is 32.2. The largest absolute Gasteiger partial charge is 0.316 e. The lowest BCUT2D eigenvalue weighted by molar-refractivity contribution is -0.0167. The number of nitrogens with zero attached hydrogens (tertiary/aromatic N) is 1. The van der Waals surface area contributed by atoms with E-state index in [-0.39, 0.29) is 12.1 Å². The molecule has 6 heteroatoms. The summed E-state index contributed by atoms with van der Waals surface area (Å²) >= 11 is 0. The molecular formula is C11H21N3O2S. The maximum absolute atomic E-state index is 11.8. The Hall–Kier alpha value is -0.170. The monoisotopic (exact) mass is 259 g/mol. The Labute approximate surface area is 103 Å². The minimum atomic E-state index is -3.53. The van der Waals surface area contributed by atoms with Crippen LogP contribution in [0.4, 0.5) is 0 Å². The van der Waals surface area contributed by atoms with E-state index >= 15 is 0 Å². The zero-order valence-corrected chi connectivity index (χ0v) is 10.9. The van der Waals surface area contributed by atoms with E-state index in [1.54, 1.807) is 4.31 Å². The molecule has 3 rings (SSSR count). The summed E-state index contributed by atoms with van der Waals surface area (Å²) in [4.78, 5) is 0. The molecule has 0 aromatic heterocycles. The minimum absolute atomic E-state index is 0.162. The Balaban J connectivity index is 1.71. The van der Waals surface area contributed by atoms with Crippen LogP contribution < -0.4 is 10.5 Å². The van der Waals surface area contributed by atoms with Crippen LogP contribution in [0.5, 0.6) is 0 Å². The van der Waals surface area contributed by atoms with E-state index in [9.17, 15) is 8.42 Å². The number of rotatable bonds is 3. The zero-order valence-electron chi connectivity index (χ0n) is 10.1. The number of nitrogens with one attached hydrogen (secondary N) is 1. The summed E-state index contributed by atoms with van der Waals surface area (Å²) in [7, 11) is -3.53. The van der Waals surface area contributed by atoms with Gasteiger partial charge in [-0.2, -0.15) is 12.7 Å². The molecule has 0 aromatic rings. The van der Waals surface area contributed by atoms with E-state index < -0.39 is 10.2 Å². The molecule has 3 aliphatic rings. The van der Waals surface area contributed by atoms with Gasteiger partial charge in [-0.3, -0.25) is 0 Å². The van der Waals surface area contributed by atoms with Gasteiger partial charge < -0.3 is 5.32 Å². The average molecular weight is 259 g/mol. The van der Waals surface area contributed by atoms with Crippen LogP contribution in [0.1, 0.15) is 38.5 Å². The van der Waals surface area contributed by atoms with E-state index in [1.165, 1.54) is 0 Å². The summed E-state index contributed by atoms with van der Waals surface area (Å²) in [6.07, 6.45) is 6.22. The van der Waals surface area contributed by atoms with Crippen molar-refractivity contribution in [2.75, 3.05) is 13.1 Å². The van der Waals surface area contributed by atoms with Gasteiger partial charge in [0.1, 0.15) is 0 Å². The molecule has 5 nitrogen and oxygen atoms in total. The molecule has 1 heterocycles. The van der Waals surface area contributed by atoms with Crippen molar-refractivity contribution in [3.63, 3.8) is 0 Å². The molecule has 0 bridgehead atoms. The molecular weight excluding hydrogens is 238 g/mol. The Morgan fingerprint density at radius 1 is 1.12 bits per heavy atom. The number of nitrogens with two attached hydrogens (primary N) is 1. The van der Waals surface area contributed by atoms with Crippen LogP contribution in [0.2, 0.25) is 0 Å². The molecule has 0 aromatic carbocycles. The molecule has 1 spiro atoms. The van der Waals surface area contributed by atoms with Crippen LogP contribution >= 0.6 is 0 Å². The summed E-state index contributed by atoms with van der Waals surface area (Å²) in [5.41, 5.74) is 0.395. The molecule has 0 atom stereocenters. The highest BCUT2D eigenvalue weighted by Crippen LogP contribution is 2.48. The number of hydrogen-bond acceptors (Lipinski definition) is 3. The standard InChI is InChI=1S/C11H21N3O2S/c12-17(15,16)14(9-3-1-2-4-9)10-5-11(6-10)7-13-8-11/h9-10,13H,1-8H2,(H2,12,15,16). The maximum Gasteiger partial charge on any atom is 0.277 e. The first-order valence-corrected chi connectivity index (χ1v) is 8.03. The van der Waals surface area contributed by atoms with Gasteiger partial charge in [0.15, 0.2) is 0 Å². The van der Waals surface area contributed by atoms with Crippen LogP contribution in [0.15, 0.2) is 0 Å². The topological polar surface area (TPSA) is 75.4 Å². The SMILES string of the molecule is NS(=O)(=O)N(C1CCCC1)C1CC2(CNC2)C1. The van der Waals surface area contributed by atoms with Crippen LogP contribution in [0.3, 0.4) is 0 Å². The Bertz CT molecular complexity index is 391. The van der Waals surface area contributed by atoms with Crippen molar-refractivity contribution < 1.29 is 8.42 Å². The second kappa shape index (κ2) is 3.91. The molecule has 2 aliphatic carbocycles. The van der Waals surface area contributed by atoms with Gasteiger partial charge in [-0.05, 0) is 31.1 Å². The number of hydrogen-bond donors (Lipinski definition) is 2. The second-order valence-corrected chi connectivity index (χ2v) is 7.43. The summed E-state index contributed by atoms with van der Waals surface area (Å²) in [6.45, 7) is 2.10. The maximum atomic E-state index is 11.8. The van der Waals surface area contributed by atoms with Gasteiger partial charge in [-0.1, -0.05) is 12.8 Å².